The van der Waals surface area contributed by atoms with Gasteiger partial charge in [-0.05, 0) is 37.9 Å². The van der Waals surface area contributed by atoms with E-state index >= 15 is 0 Å². The van der Waals surface area contributed by atoms with Crippen LogP contribution < -0.4 is 5.32 Å². The molecule has 2 aliphatic heterocycles. The van der Waals surface area contributed by atoms with Gasteiger partial charge in [0.1, 0.15) is 10.7 Å². The molecule has 4 nitrogen and oxygen atoms in total. The molecule has 1 aromatic carbocycles. The second-order valence-corrected chi connectivity index (χ2v) is 7.43. The van der Waals surface area contributed by atoms with Crippen LogP contribution in [0, 0.1) is 0 Å². The number of halogens is 3. The molecule has 2 bridgehead atoms. The summed E-state index contributed by atoms with van der Waals surface area (Å²) in [5.74, 6) is 0.0747. The molecule has 25 heavy (non-hydrogen) atoms. The SMILES string of the molecule is Cl.Cl.O=C(c1csc(-c2cccc(Cl)c2)n1)N1C2CCNCC1CC2. The fourth-order valence-corrected chi connectivity index (χ4v) is 4.55. The number of fused-ring (bicyclic) bond motifs is 2. The van der Waals surface area contributed by atoms with Gasteiger partial charge in [0.15, 0.2) is 0 Å². The van der Waals surface area contributed by atoms with E-state index in [1.54, 1.807) is 0 Å². The number of thiazole rings is 1. The van der Waals surface area contributed by atoms with Gasteiger partial charge in [-0.25, -0.2) is 4.98 Å². The Morgan fingerprint density at radius 2 is 2.04 bits per heavy atom. The zero-order chi connectivity index (χ0) is 15.8. The summed E-state index contributed by atoms with van der Waals surface area (Å²) in [4.78, 5) is 19.6. The van der Waals surface area contributed by atoms with E-state index in [0.717, 1.165) is 42.9 Å². The quantitative estimate of drug-likeness (QED) is 0.789. The Balaban J connectivity index is 0.00000113. The summed E-state index contributed by atoms with van der Waals surface area (Å²) in [5.41, 5.74) is 1.52. The van der Waals surface area contributed by atoms with Crippen molar-refractivity contribution < 1.29 is 4.79 Å². The normalized spacial score (nSPS) is 21.9. The van der Waals surface area contributed by atoms with Crippen LogP contribution in [-0.2, 0) is 0 Å². The van der Waals surface area contributed by atoms with E-state index < -0.39 is 0 Å². The monoisotopic (exact) mass is 419 g/mol. The van der Waals surface area contributed by atoms with Crippen LogP contribution in [0.2, 0.25) is 5.02 Å². The first-order valence-electron chi connectivity index (χ1n) is 7.97. The zero-order valence-corrected chi connectivity index (χ0v) is 16.7. The van der Waals surface area contributed by atoms with Crippen LogP contribution in [0.15, 0.2) is 29.6 Å². The third-order valence-electron chi connectivity index (χ3n) is 4.68. The Bertz CT molecular complexity index is 725. The Hall–Kier alpha value is -0.850. The molecule has 4 rings (SSSR count). The van der Waals surface area contributed by atoms with Crippen molar-refractivity contribution in [3.8, 4) is 10.6 Å². The van der Waals surface area contributed by atoms with Gasteiger partial charge < -0.3 is 10.2 Å². The molecule has 1 N–H and O–H groups in total. The van der Waals surface area contributed by atoms with Crippen molar-refractivity contribution in [1.29, 1.82) is 0 Å². The molecule has 0 aliphatic carbocycles. The van der Waals surface area contributed by atoms with Crippen molar-refractivity contribution in [2.24, 2.45) is 0 Å². The summed E-state index contributed by atoms with van der Waals surface area (Å²) in [6.45, 7) is 1.89. The number of carbonyl (C=O) groups excluding carboxylic acids is 1. The third-order valence-corrected chi connectivity index (χ3v) is 5.81. The first kappa shape index (κ1) is 20.5. The van der Waals surface area contributed by atoms with Crippen LogP contribution in [0.4, 0.5) is 0 Å². The lowest BCUT2D eigenvalue weighted by Gasteiger charge is -2.27. The standard InChI is InChI=1S/C17H18ClN3OS.2ClH/c18-12-3-1-2-11(8-12)16-20-15(10-23-16)17(22)21-13-4-5-14(21)9-19-7-6-13;;/h1-3,8,10,13-14,19H,4-7,9H2;2*1H. The Labute approximate surface area is 168 Å². The number of rotatable bonds is 2. The highest BCUT2D eigenvalue weighted by atomic mass is 35.5. The number of nitrogens with zero attached hydrogens (tertiary/aromatic N) is 2. The van der Waals surface area contributed by atoms with Crippen molar-refractivity contribution in [2.45, 2.75) is 31.3 Å². The van der Waals surface area contributed by atoms with E-state index in [2.05, 4.69) is 15.2 Å². The van der Waals surface area contributed by atoms with Crippen molar-refractivity contribution in [3.05, 3.63) is 40.4 Å². The van der Waals surface area contributed by atoms with Gasteiger partial charge in [-0.2, -0.15) is 0 Å². The second kappa shape index (κ2) is 8.69. The minimum atomic E-state index is 0. The number of carbonyl (C=O) groups is 1. The van der Waals surface area contributed by atoms with E-state index in [9.17, 15) is 4.79 Å². The van der Waals surface area contributed by atoms with E-state index in [4.69, 9.17) is 11.6 Å². The molecule has 3 heterocycles. The number of hydrogen-bond donors (Lipinski definition) is 1. The maximum atomic E-state index is 12.9. The summed E-state index contributed by atoms with van der Waals surface area (Å²) in [6.07, 6.45) is 3.24. The molecular formula is C17H20Cl3N3OS. The number of hydrogen-bond acceptors (Lipinski definition) is 4. The highest BCUT2D eigenvalue weighted by molar-refractivity contribution is 7.13. The molecule has 8 heteroatoms. The summed E-state index contributed by atoms with van der Waals surface area (Å²) in [5, 5.41) is 6.82. The van der Waals surface area contributed by atoms with E-state index in [0.29, 0.717) is 22.8 Å². The molecule has 2 unspecified atom stereocenters. The molecule has 1 aromatic heterocycles. The minimum Gasteiger partial charge on any atom is -0.330 e. The van der Waals surface area contributed by atoms with Crippen LogP contribution in [0.25, 0.3) is 10.6 Å². The van der Waals surface area contributed by atoms with Gasteiger partial charge >= 0.3 is 0 Å². The number of benzene rings is 1. The maximum Gasteiger partial charge on any atom is 0.273 e. The van der Waals surface area contributed by atoms with Gasteiger partial charge in [0.25, 0.3) is 5.91 Å². The van der Waals surface area contributed by atoms with Crippen LogP contribution in [0.5, 0.6) is 0 Å². The number of aromatic nitrogens is 1. The number of amides is 1. The molecule has 136 valence electrons. The molecule has 2 aliphatic rings. The van der Waals surface area contributed by atoms with Crippen molar-refractivity contribution in [1.82, 2.24) is 15.2 Å². The number of nitrogens with one attached hydrogen (secondary N) is 1. The Kier molecular flexibility index (Phi) is 7.11. The third kappa shape index (κ3) is 4.12. The predicted octanol–water partition coefficient (Wildman–Crippen LogP) is 4.27. The van der Waals surface area contributed by atoms with Gasteiger partial charge in [-0.3, -0.25) is 4.79 Å². The van der Waals surface area contributed by atoms with Gasteiger partial charge in [-0.15, -0.1) is 36.2 Å². The van der Waals surface area contributed by atoms with Crippen molar-refractivity contribution in [2.75, 3.05) is 13.1 Å². The average molecular weight is 421 g/mol. The largest absolute Gasteiger partial charge is 0.330 e. The van der Waals surface area contributed by atoms with Crippen LogP contribution in [0.1, 0.15) is 29.8 Å². The molecule has 2 aromatic rings. The molecule has 1 amide bonds. The molecule has 2 fully saturated rings. The van der Waals surface area contributed by atoms with Gasteiger partial charge in [0, 0.05) is 34.6 Å². The first-order chi connectivity index (χ1) is 11.2. The molecule has 0 spiro atoms. The topological polar surface area (TPSA) is 45.2 Å². The second-order valence-electron chi connectivity index (χ2n) is 6.14. The van der Waals surface area contributed by atoms with Gasteiger partial charge in [0.2, 0.25) is 0 Å². The first-order valence-corrected chi connectivity index (χ1v) is 9.23. The predicted molar refractivity (Wildman–Crippen MR) is 108 cm³/mol. The Morgan fingerprint density at radius 3 is 2.84 bits per heavy atom. The van der Waals surface area contributed by atoms with E-state index in [1.165, 1.54) is 11.3 Å². The lowest BCUT2D eigenvalue weighted by molar-refractivity contribution is 0.0675. The zero-order valence-electron chi connectivity index (χ0n) is 13.5. The van der Waals surface area contributed by atoms with Crippen LogP contribution in [0.3, 0.4) is 0 Å². The minimum absolute atomic E-state index is 0. The summed E-state index contributed by atoms with van der Waals surface area (Å²) < 4.78 is 0. The highest BCUT2D eigenvalue weighted by Gasteiger charge is 2.39. The molecule has 2 saturated heterocycles. The lowest BCUT2D eigenvalue weighted by atomic mass is 10.1. The summed E-state index contributed by atoms with van der Waals surface area (Å²) in [6, 6.07) is 8.27. The molecule has 2 atom stereocenters. The molecule has 0 saturated carbocycles. The fraction of sp³-hybridized carbons (Fsp3) is 0.412. The lowest BCUT2D eigenvalue weighted by Crippen LogP contribution is -2.42. The van der Waals surface area contributed by atoms with E-state index in [-0.39, 0.29) is 30.7 Å². The smallest absolute Gasteiger partial charge is 0.273 e. The molecule has 0 radical (unpaired) electrons. The van der Waals surface area contributed by atoms with Crippen molar-refractivity contribution in [3.63, 3.8) is 0 Å². The molecular weight excluding hydrogens is 401 g/mol. The van der Waals surface area contributed by atoms with Gasteiger partial charge in [0.05, 0.1) is 0 Å². The van der Waals surface area contributed by atoms with Crippen LogP contribution in [-0.4, -0.2) is 41.0 Å². The Morgan fingerprint density at radius 1 is 1.24 bits per heavy atom. The summed E-state index contributed by atoms with van der Waals surface area (Å²) >= 11 is 7.54. The van der Waals surface area contributed by atoms with E-state index in [1.807, 2.05) is 29.6 Å². The average Bonchev–Trinajstić information content (AvgIpc) is 3.11. The fourth-order valence-electron chi connectivity index (χ4n) is 3.57. The maximum absolute atomic E-state index is 12.9. The van der Waals surface area contributed by atoms with Gasteiger partial charge in [-0.1, -0.05) is 23.7 Å². The van der Waals surface area contributed by atoms with Crippen molar-refractivity contribution >= 4 is 53.7 Å². The summed E-state index contributed by atoms with van der Waals surface area (Å²) in [7, 11) is 0. The highest BCUT2D eigenvalue weighted by Crippen LogP contribution is 2.31. The van der Waals surface area contributed by atoms with Crippen LogP contribution >= 0.6 is 47.8 Å².